The van der Waals surface area contributed by atoms with Crippen LogP contribution in [0.5, 0.6) is 11.5 Å². The average molecular weight is 339 g/mol. The van der Waals surface area contributed by atoms with Crippen LogP contribution in [0, 0.1) is 0 Å². The van der Waals surface area contributed by atoms with Crippen LogP contribution < -0.4 is 9.47 Å². The fourth-order valence-corrected chi connectivity index (χ4v) is 3.62. The van der Waals surface area contributed by atoms with Gasteiger partial charge in [-0.3, -0.25) is 4.90 Å². The van der Waals surface area contributed by atoms with E-state index < -0.39 is 0 Å². The van der Waals surface area contributed by atoms with Gasteiger partial charge in [0, 0.05) is 24.6 Å². The Kier molecular flexibility index (Phi) is 4.28. The molecular formula is C19H21N3O3. The first kappa shape index (κ1) is 15.9. The fraction of sp³-hybridized carbons (Fsp3) is 0.368. The van der Waals surface area contributed by atoms with Gasteiger partial charge in [-0.1, -0.05) is 12.1 Å². The van der Waals surface area contributed by atoms with Gasteiger partial charge >= 0.3 is 0 Å². The fourth-order valence-electron chi connectivity index (χ4n) is 3.62. The van der Waals surface area contributed by atoms with Gasteiger partial charge in [-0.25, -0.2) is 4.63 Å². The summed E-state index contributed by atoms with van der Waals surface area (Å²) < 4.78 is 15.8. The molecule has 0 spiro atoms. The summed E-state index contributed by atoms with van der Waals surface area (Å²) in [5, 5.41) is 7.96. The minimum absolute atomic E-state index is 0.430. The van der Waals surface area contributed by atoms with Crippen LogP contribution in [0.2, 0.25) is 0 Å². The van der Waals surface area contributed by atoms with E-state index >= 15 is 0 Å². The molecule has 4 rings (SSSR count). The second-order valence-corrected chi connectivity index (χ2v) is 6.38. The second-order valence-electron chi connectivity index (χ2n) is 6.38. The number of rotatable bonds is 5. The molecule has 2 heterocycles. The van der Waals surface area contributed by atoms with Crippen LogP contribution >= 0.6 is 0 Å². The zero-order chi connectivity index (χ0) is 17.2. The quantitative estimate of drug-likeness (QED) is 0.711. The van der Waals surface area contributed by atoms with Crippen molar-refractivity contribution in [2.75, 3.05) is 27.3 Å². The summed E-state index contributed by atoms with van der Waals surface area (Å²) in [7, 11) is 3.41. The van der Waals surface area contributed by atoms with Crippen molar-refractivity contribution in [3.63, 3.8) is 0 Å². The lowest BCUT2D eigenvalue weighted by atomic mass is 9.97. The van der Waals surface area contributed by atoms with Crippen molar-refractivity contribution in [2.24, 2.45) is 0 Å². The van der Waals surface area contributed by atoms with E-state index in [9.17, 15) is 0 Å². The zero-order valence-electron chi connectivity index (χ0n) is 14.4. The van der Waals surface area contributed by atoms with Crippen molar-refractivity contribution in [1.29, 1.82) is 0 Å². The van der Waals surface area contributed by atoms with Crippen LogP contribution in [-0.4, -0.2) is 42.5 Å². The minimum atomic E-state index is 0.430. The Morgan fingerprint density at radius 2 is 2.08 bits per heavy atom. The van der Waals surface area contributed by atoms with Crippen molar-refractivity contribution in [1.82, 2.24) is 15.2 Å². The average Bonchev–Trinajstić information content (AvgIpc) is 3.31. The molecular weight excluding hydrogens is 318 g/mol. The molecule has 0 amide bonds. The van der Waals surface area contributed by atoms with Gasteiger partial charge in [-0.2, -0.15) is 0 Å². The van der Waals surface area contributed by atoms with Crippen molar-refractivity contribution in [2.45, 2.75) is 18.9 Å². The van der Waals surface area contributed by atoms with Crippen LogP contribution in [0.4, 0.5) is 0 Å². The van der Waals surface area contributed by atoms with Crippen molar-refractivity contribution in [3.05, 3.63) is 47.5 Å². The van der Waals surface area contributed by atoms with Gasteiger partial charge in [0.05, 0.1) is 14.2 Å². The smallest absolute Gasteiger partial charge is 0.139 e. The summed E-state index contributed by atoms with van der Waals surface area (Å²) in [6, 6.07) is 12.0. The highest BCUT2D eigenvalue weighted by atomic mass is 16.6. The Morgan fingerprint density at radius 1 is 1.16 bits per heavy atom. The van der Waals surface area contributed by atoms with Gasteiger partial charge in [0.2, 0.25) is 0 Å². The van der Waals surface area contributed by atoms with Crippen molar-refractivity contribution < 1.29 is 14.1 Å². The Labute approximate surface area is 146 Å². The number of likely N-dealkylation sites (tertiary alicyclic amines) is 1. The molecule has 6 heteroatoms. The van der Waals surface area contributed by atoms with E-state index in [1.54, 1.807) is 14.2 Å². The monoisotopic (exact) mass is 339 g/mol. The maximum Gasteiger partial charge on any atom is 0.139 e. The highest BCUT2D eigenvalue weighted by Gasteiger charge is 2.27. The highest BCUT2D eigenvalue weighted by Crippen LogP contribution is 2.36. The Morgan fingerprint density at radius 3 is 2.92 bits per heavy atom. The molecule has 0 radical (unpaired) electrons. The van der Waals surface area contributed by atoms with E-state index in [0.29, 0.717) is 5.92 Å². The molecule has 1 fully saturated rings. The summed E-state index contributed by atoms with van der Waals surface area (Å²) in [5.41, 5.74) is 4.02. The highest BCUT2D eigenvalue weighted by molar-refractivity contribution is 5.76. The lowest BCUT2D eigenvalue weighted by Crippen LogP contribution is -2.20. The largest absolute Gasteiger partial charge is 0.497 e. The van der Waals surface area contributed by atoms with E-state index in [1.165, 1.54) is 5.56 Å². The molecule has 0 N–H and O–H groups in total. The lowest BCUT2D eigenvalue weighted by molar-refractivity contribution is 0.312. The van der Waals surface area contributed by atoms with E-state index in [0.717, 1.165) is 54.2 Å². The first-order valence-corrected chi connectivity index (χ1v) is 8.43. The maximum atomic E-state index is 5.55. The Balaban J connectivity index is 1.53. The summed E-state index contributed by atoms with van der Waals surface area (Å²) >= 11 is 0. The van der Waals surface area contributed by atoms with Gasteiger partial charge in [0.25, 0.3) is 0 Å². The zero-order valence-corrected chi connectivity index (χ0v) is 14.4. The van der Waals surface area contributed by atoms with E-state index in [4.69, 9.17) is 14.1 Å². The summed E-state index contributed by atoms with van der Waals surface area (Å²) in [6.45, 7) is 2.85. The molecule has 0 bridgehead atoms. The van der Waals surface area contributed by atoms with Crippen LogP contribution in [-0.2, 0) is 6.54 Å². The Hall–Kier alpha value is -2.60. The van der Waals surface area contributed by atoms with Crippen LogP contribution in [0.1, 0.15) is 23.5 Å². The molecule has 130 valence electrons. The summed E-state index contributed by atoms with van der Waals surface area (Å²) in [5.74, 6) is 2.22. The molecule has 1 atom stereocenters. The van der Waals surface area contributed by atoms with Crippen LogP contribution in [0.3, 0.4) is 0 Å². The van der Waals surface area contributed by atoms with Gasteiger partial charge in [0.15, 0.2) is 0 Å². The summed E-state index contributed by atoms with van der Waals surface area (Å²) in [6.07, 6.45) is 1.09. The third-order valence-corrected chi connectivity index (χ3v) is 4.91. The van der Waals surface area contributed by atoms with Crippen molar-refractivity contribution >= 4 is 11.0 Å². The van der Waals surface area contributed by atoms with Crippen molar-refractivity contribution in [3.8, 4) is 11.5 Å². The minimum Gasteiger partial charge on any atom is -0.497 e. The number of ether oxygens (including phenoxy) is 2. The second kappa shape index (κ2) is 6.72. The molecule has 6 nitrogen and oxygen atoms in total. The standard InChI is InChI=1S/C19H21N3O3/c1-23-15-6-7-18(24-2)16(10-15)13-8-9-22(11-13)12-14-4-3-5-17-19(14)21-25-20-17/h3-7,10,13H,8-9,11-12H2,1-2H3/t13-/m1/s1. The van der Waals surface area contributed by atoms with Gasteiger partial charge in [0.1, 0.15) is 22.5 Å². The number of hydrogen-bond acceptors (Lipinski definition) is 6. The normalized spacial score (nSPS) is 17.9. The third kappa shape index (κ3) is 3.05. The lowest BCUT2D eigenvalue weighted by Gasteiger charge is -2.18. The molecule has 3 aromatic rings. The number of benzene rings is 2. The number of nitrogens with zero attached hydrogens (tertiary/aromatic N) is 3. The number of fused-ring (bicyclic) bond motifs is 1. The first-order valence-electron chi connectivity index (χ1n) is 8.43. The molecule has 0 saturated carbocycles. The number of methoxy groups -OCH3 is 2. The van der Waals surface area contributed by atoms with Crippen LogP contribution in [0.25, 0.3) is 11.0 Å². The molecule has 1 saturated heterocycles. The topological polar surface area (TPSA) is 60.6 Å². The Bertz CT molecular complexity index is 877. The predicted molar refractivity (Wildman–Crippen MR) is 94.0 cm³/mol. The first-order chi connectivity index (χ1) is 12.3. The molecule has 2 aromatic carbocycles. The third-order valence-electron chi connectivity index (χ3n) is 4.91. The molecule has 25 heavy (non-hydrogen) atoms. The van der Waals surface area contributed by atoms with E-state index in [-0.39, 0.29) is 0 Å². The van der Waals surface area contributed by atoms with Gasteiger partial charge < -0.3 is 9.47 Å². The molecule has 0 unspecified atom stereocenters. The van der Waals surface area contributed by atoms with E-state index in [1.807, 2.05) is 24.3 Å². The number of aromatic nitrogens is 2. The molecule has 1 aromatic heterocycles. The maximum absolute atomic E-state index is 5.55. The van der Waals surface area contributed by atoms with Gasteiger partial charge in [-0.15, -0.1) is 0 Å². The number of hydrogen-bond donors (Lipinski definition) is 0. The van der Waals surface area contributed by atoms with Gasteiger partial charge in [-0.05, 0) is 53.1 Å². The summed E-state index contributed by atoms with van der Waals surface area (Å²) in [4.78, 5) is 2.44. The van der Waals surface area contributed by atoms with Crippen LogP contribution in [0.15, 0.2) is 41.0 Å². The SMILES string of the molecule is COc1ccc(OC)c([C@@H]2CCN(Cc3cccc4nonc34)C2)c1. The molecule has 1 aliphatic rings. The molecule has 1 aliphatic heterocycles. The predicted octanol–water partition coefficient (Wildman–Crippen LogP) is 3.23. The molecule has 0 aliphatic carbocycles. The van der Waals surface area contributed by atoms with E-state index in [2.05, 4.69) is 27.3 Å².